The highest BCUT2D eigenvalue weighted by Gasteiger charge is 2.33. The van der Waals surface area contributed by atoms with E-state index in [4.69, 9.17) is 9.47 Å². The fourth-order valence-corrected chi connectivity index (χ4v) is 3.01. The van der Waals surface area contributed by atoms with Gasteiger partial charge >= 0.3 is 0 Å². The Labute approximate surface area is 121 Å². The number of hydrogen-bond donors (Lipinski definition) is 2. The summed E-state index contributed by atoms with van der Waals surface area (Å²) in [6, 6.07) is 6.28. The lowest BCUT2D eigenvalue weighted by molar-refractivity contribution is 0.0235. The second-order valence-corrected chi connectivity index (χ2v) is 6.20. The summed E-state index contributed by atoms with van der Waals surface area (Å²) in [6.45, 7) is 2.34. The van der Waals surface area contributed by atoms with E-state index in [9.17, 15) is 5.11 Å². The summed E-state index contributed by atoms with van der Waals surface area (Å²) in [4.78, 5) is 0. The lowest BCUT2D eigenvalue weighted by atomic mass is 9.98. The molecular weight excluding hydrogens is 310 g/mol. The molecule has 0 aromatic heterocycles. The van der Waals surface area contributed by atoms with E-state index in [0.29, 0.717) is 32.8 Å². The molecule has 3 rings (SSSR count). The monoisotopic (exact) mass is 327 g/mol. The van der Waals surface area contributed by atoms with Crippen LogP contribution in [0.2, 0.25) is 0 Å². The van der Waals surface area contributed by atoms with Gasteiger partial charge in [0.05, 0.1) is 13.2 Å². The minimum atomic E-state index is -0.718. The van der Waals surface area contributed by atoms with Crippen molar-refractivity contribution in [3.63, 3.8) is 0 Å². The van der Waals surface area contributed by atoms with Gasteiger partial charge in [0, 0.05) is 42.1 Å². The van der Waals surface area contributed by atoms with Crippen LogP contribution in [0.15, 0.2) is 22.7 Å². The van der Waals surface area contributed by atoms with Crippen molar-refractivity contribution in [1.29, 1.82) is 0 Å². The minimum absolute atomic E-state index is 0.228. The predicted octanol–water partition coefficient (Wildman–Crippen LogP) is 2.01. The van der Waals surface area contributed by atoms with Crippen LogP contribution in [0, 0.1) is 0 Å². The number of rotatable bonds is 3. The van der Waals surface area contributed by atoms with Crippen molar-refractivity contribution in [3.05, 3.63) is 28.2 Å². The average Bonchev–Trinajstić information content (AvgIpc) is 2.84. The van der Waals surface area contributed by atoms with Crippen LogP contribution in [-0.4, -0.2) is 37.1 Å². The highest BCUT2D eigenvalue weighted by atomic mass is 79.9. The molecule has 0 spiro atoms. The first-order valence-electron chi connectivity index (χ1n) is 6.62. The van der Waals surface area contributed by atoms with Gasteiger partial charge in [-0.05, 0) is 18.2 Å². The topological polar surface area (TPSA) is 50.7 Å². The largest absolute Gasteiger partial charge is 0.493 e. The van der Waals surface area contributed by atoms with Crippen molar-refractivity contribution in [3.8, 4) is 5.75 Å². The molecule has 2 N–H and O–H groups in total. The van der Waals surface area contributed by atoms with Crippen LogP contribution in [-0.2, 0) is 4.74 Å². The van der Waals surface area contributed by atoms with Gasteiger partial charge in [0.1, 0.15) is 11.4 Å². The Balaban J connectivity index is 1.71. The van der Waals surface area contributed by atoms with Crippen LogP contribution in [0.3, 0.4) is 0 Å². The molecule has 2 aliphatic rings. The van der Waals surface area contributed by atoms with E-state index in [-0.39, 0.29) is 6.04 Å². The molecular formula is C14H18BrNO3. The Morgan fingerprint density at radius 1 is 1.42 bits per heavy atom. The lowest BCUT2D eigenvalue weighted by Crippen LogP contribution is -2.43. The summed E-state index contributed by atoms with van der Waals surface area (Å²) in [7, 11) is 0. The van der Waals surface area contributed by atoms with E-state index in [1.165, 1.54) is 0 Å². The third kappa shape index (κ3) is 2.94. The van der Waals surface area contributed by atoms with E-state index < -0.39 is 5.60 Å². The Morgan fingerprint density at radius 2 is 2.32 bits per heavy atom. The summed E-state index contributed by atoms with van der Waals surface area (Å²) in [6.07, 6.45) is 1.62. The molecule has 1 fully saturated rings. The van der Waals surface area contributed by atoms with Crippen LogP contribution in [0.25, 0.3) is 0 Å². The number of ether oxygens (including phenoxy) is 2. The summed E-state index contributed by atoms with van der Waals surface area (Å²) < 4.78 is 12.0. The number of nitrogens with one attached hydrogen (secondary N) is 1. The summed E-state index contributed by atoms with van der Waals surface area (Å²) in [5, 5.41) is 13.8. The number of halogens is 1. The number of aliphatic hydroxyl groups is 1. The molecule has 0 amide bonds. The van der Waals surface area contributed by atoms with Crippen molar-refractivity contribution in [2.24, 2.45) is 0 Å². The van der Waals surface area contributed by atoms with Crippen LogP contribution in [0.5, 0.6) is 5.75 Å². The maximum absolute atomic E-state index is 10.3. The number of hydrogen-bond acceptors (Lipinski definition) is 4. The maximum atomic E-state index is 10.3. The van der Waals surface area contributed by atoms with Gasteiger partial charge in [0.2, 0.25) is 0 Å². The molecule has 19 heavy (non-hydrogen) atoms. The molecule has 1 aromatic carbocycles. The Morgan fingerprint density at radius 3 is 3.11 bits per heavy atom. The summed E-state index contributed by atoms with van der Waals surface area (Å²) in [5.74, 6) is 0.932. The third-order valence-corrected chi connectivity index (χ3v) is 4.26. The molecule has 5 heteroatoms. The second-order valence-electron chi connectivity index (χ2n) is 5.28. The van der Waals surface area contributed by atoms with E-state index >= 15 is 0 Å². The lowest BCUT2D eigenvalue weighted by Gasteiger charge is -2.30. The quantitative estimate of drug-likeness (QED) is 0.891. The van der Waals surface area contributed by atoms with Gasteiger partial charge < -0.3 is 19.9 Å². The first-order valence-corrected chi connectivity index (χ1v) is 7.41. The summed E-state index contributed by atoms with van der Waals surface area (Å²) in [5.41, 5.74) is 0.438. The minimum Gasteiger partial charge on any atom is -0.493 e. The Hall–Kier alpha value is -0.620. The molecule has 2 atom stereocenters. The molecule has 0 saturated carbocycles. The average molecular weight is 328 g/mol. The highest BCUT2D eigenvalue weighted by Crippen LogP contribution is 2.34. The highest BCUT2D eigenvalue weighted by molar-refractivity contribution is 9.10. The van der Waals surface area contributed by atoms with Crippen LogP contribution < -0.4 is 10.1 Å². The zero-order valence-corrected chi connectivity index (χ0v) is 12.3. The molecule has 0 radical (unpaired) electrons. The molecule has 104 valence electrons. The van der Waals surface area contributed by atoms with E-state index in [2.05, 4.69) is 27.3 Å². The smallest absolute Gasteiger partial charge is 0.124 e. The van der Waals surface area contributed by atoms with Gasteiger partial charge in [-0.25, -0.2) is 0 Å². The fraction of sp³-hybridized carbons (Fsp3) is 0.571. The van der Waals surface area contributed by atoms with Crippen molar-refractivity contribution in [1.82, 2.24) is 5.32 Å². The SMILES string of the molecule is OC1(CNC2CCOc3ccc(Br)cc32)CCOC1. The van der Waals surface area contributed by atoms with Gasteiger partial charge in [-0.1, -0.05) is 15.9 Å². The maximum Gasteiger partial charge on any atom is 0.124 e. The predicted molar refractivity (Wildman–Crippen MR) is 75.4 cm³/mol. The van der Waals surface area contributed by atoms with Gasteiger partial charge in [-0.3, -0.25) is 0 Å². The van der Waals surface area contributed by atoms with Crippen molar-refractivity contribution in [2.75, 3.05) is 26.4 Å². The Kier molecular flexibility index (Phi) is 3.80. The first kappa shape index (κ1) is 13.4. The first-order chi connectivity index (χ1) is 9.16. The second kappa shape index (κ2) is 5.40. The van der Waals surface area contributed by atoms with E-state index in [1.54, 1.807) is 0 Å². The zero-order valence-electron chi connectivity index (χ0n) is 10.7. The molecule has 0 bridgehead atoms. The third-order valence-electron chi connectivity index (χ3n) is 3.77. The molecule has 2 heterocycles. The van der Waals surface area contributed by atoms with Gasteiger partial charge in [-0.15, -0.1) is 0 Å². The van der Waals surface area contributed by atoms with Crippen LogP contribution in [0.1, 0.15) is 24.4 Å². The van der Waals surface area contributed by atoms with E-state index in [1.807, 2.05) is 12.1 Å². The molecule has 2 aliphatic heterocycles. The number of fused-ring (bicyclic) bond motifs is 1. The molecule has 4 nitrogen and oxygen atoms in total. The standard InChI is InChI=1S/C14H18BrNO3/c15-10-1-2-13-11(7-10)12(3-5-19-13)16-8-14(17)4-6-18-9-14/h1-2,7,12,16-17H,3-6,8-9H2. The van der Waals surface area contributed by atoms with Crippen molar-refractivity contribution >= 4 is 15.9 Å². The normalized spacial score (nSPS) is 29.9. The van der Waals surface area contributed by atoms with E-state index in [0.717, 1.165) is 22.2 Å². The van der Waals surface area contributed by atoms with Crippen LogP contribution >= 0.6 is 15.9 Å². The number of benzene rings is 1. The van der Waals surface area contributed by atoms with Gasteiger partial charge in [-0.2, -0.15) is 0 Å². The fourth-order valence-electron chi connectivity index (χ4n) is 2.63. The van der Waals surface area contributed by atoms with Gasteiger partial charge in [0.15, 0.2) is 0 Å². The van der Waals surface area contributed by atoms with Gasteiger partial charge in [0.25, 0.3) is 0 Å². The zero-order chi connectivity index (χ0) is 13.3. The molecule has 1 saturated heterocycles. The molecule has 1 aromatic rings. The van der Waals surface area contributed by atoms with Crippen molar-refractivity contribution < 1.29 is 14.6 Å². The molecule has 0 aliphatic carbocycles. The Bertz CT molecular complexity index is 460. The van der Waals surface area contributed by atoms with Crippen LogP contribution in [0.4, 0.5) is 0 Å². The summed E-state index contributed by atoms with van der Waals surface area (Å²) >= 11 is 3.49. The molecule has 2 unspecified atom stereocenters. The van der Waals surface area contributed by atoms with Crippen molar-refractivity contribution in [2.45, 2.75) is 24.5 Å².